The van der Waals surface area contributed by atoms with E-state index in [1.807, 2.05) is 40.5 Å². The van der Waals surface area contributed by atoms with Gasteiger partial charge in [0.05, 0.1) is 11.4 Å². The van der Waals surface area contributed by atoms with Gasteiger partial charge in [-0.1, -0.05) is 0 Å². The van der Waals surface area contributed by atoms with Gasteiger partial charge in [0.25, 0.3) is 11.8 Å². The van der Waals surface area contributed by atoms with E-state index in [0.29, 0.717) is 22.0 Å². The summed E-state index contributed by atoms with van der Waals surface area (Å²) < 4.78 is 7.21. The van der Waals surface area contributed by atoms with Crippen molar-refractivity contribution in [3.05, 3.63) is 59.0 Å². The summed E-state index contributed by atoms with van der Waals surface area (Å²) in [7, 11) is 0. The Bertz CT molecular complexity index is 915. The van der Waals surface area contributed by atoms with Gasteiger partial charge in [0.1, 0.15) is 10.6 Å². The van der Waals surface area contributed by atoms with E-state index in [1.165, 1.54) is 11.3 Å². The summed E-state index contributed by atoms with van der Waals surface area (Å²) in [5, 5.41) is 7.47. The maximum Gasteiger partial charge on any atom is 0.267 e. The van der Waals surface area contributed by atoms with Crippen LogP contribution in [0.25, 0.3) is 5.69 Å². The third-order valence-corrected chi connectivity index (χ3v) is 4.51. The minimum Gasteiger partial charge on any atom is -0.482 e. The van der Waals surface area contributed by atoms with E-state index in [1.54, 1.807) is 18.2 Å². The second-order valence-corrected chi connectivity index (χ2v) is 6.14. The summed E-state index contributed by atoms with van der Waals surface area (Å²) in [4.78, 5) is 24.6. The largest absolute Gasteiger partial charge is 0.482 e. The van der Waals surface area contributed by atoms with Gasteiger partial charge in [-0.2, -0.15) is 0 Å². The lowest BCUT2D eigenvalue weighted by Crippen LogP contribution is -2.25. The van der Waals surface area contributed by atoms with Gasteiger partial charge >= 0.3 is 0 Å². The molecule has 0 saturated heterocycles. The van der Waals surface area contributed by atoms with Crippen molar-refractivity contribution in [2.45, 2.75) is 0 Å². The molecule has 1 aliphatic heterocycles. The first-order valence-corrected chi connectivity index (χ1v) is 8.17. The minimum atomic E-state index is -0.209. The van der Waals surface area contributed by atoms with Crippen LogP contribution in [0.3, 0.4) is 0 Å². The molecule has 2 N–H and O–H groups in total. The van der Waals surface area contributed by atoms with Gasteiger partial charge in [-0.25, -0.2) is 0 Å². The van der Waals surface area contributed by atoms with Gasteiger partial charge in [-0.3, -0.25) is 9.59 Å². The third-order valence-electron chi connectivity index (χ3n) is 3.60. The summed E-state index contributed by atoms with van der Waals surface area (Å²) in [5.41, 5.74) is 1.98. The molecule has 3 aromatic rings. The molecule has 2 aromatic heterocycles. The lowest BCUT2D eigenvalue weighted by molar-refractivity contribution is -0.118. The molecule has 0 aliphatic carbocycles. The van der Waals surface area contributed by atoms with E-state index >= 15 is 0 Å². The van der Waals surface area contributed by atoms with E-state index < -0.39 is 0 Å². The number of rotatable bonds is 3. The quantitative estimate of drug-likeness (QED) is 0.770. The highest BCUT2D eigenvalue weighted by Gasteiger charge is 2.18. The number of nitrogens with one attached hydrogen (secondary N) is 2. The van der Waals surface area contributed by atoms with Crippen LogP contribution in [0.15, 0.2) is 54.2 Å². The number of aromatic nitrogens is 1. The summed E-state index contributed by atoms with van der Waals surface area (Å²) in [6.07, 6.45) is 3.79. The van der Waals surface area contributed by atoms with E-state index in [2.05, 4.69) is 10.6 Å². The second-order valence-electron chi connectivity index (χ2n) is 5.23. The molecular weight excluding hydrogens is 326 g/mol. The molecule has 1 aromatic carbocycles. The van der Waals surface area contributed by atoms with Gasteiger partial charge in [0, 0.05) is 18.1 Å². The number of amides is 2. The zero-order valence-electron chi connectivity index (χ0n) is 12.5. The molecule has 1 aliphatic rings. The molecule has 6 nitrogen and oxygen atoms in total. The second kappa shape index (κ2) is 5.86. The first-order valence-electron chi connectivity index (χ1n) is 7.29. The van der Waals surface area contributed by atoms with Crippen molar-refractivity contribution in [3.8, 4) is 11.4 Å². The fourth-order valence-corrected chi connectivity index (χ4v) is 3.30. The molecule has 4 rings (SSSR count). The molecule has 7 heteroatoms. The van der Waals surface area contributed by atoms with Crippen LogP contribution in [-0.2, 0) is 4.79 Å². The average Bonchev–Trinajstić information content (AvgIpc) is 3.25. The van der Waals surface area contributed by atoms with Crippen LogP contribution in [-0.4, -0.2) is 23.0 Å². The first-order chi connectivity index (χ1) is 11.7. The molecule has 0 unspecified atom stereocenters. The number of hydrogen-bond donors (Lipinski definition) is 2. The molecule has 2 amide bonds. The number of benzene rings is 1. The monoisotopic (exact) mass is 339 g/mol. The van der Waals surface area contributed by atoms with Crippen LogP contribution < -0.4 is 15.4 Å². The van der Waals surface area contributed by atoms with Crippen molar-refractivity contribution >= 4 is 34.5 Å². The van der Waals surface area contributed by atoms with Gasteiger partial charge < -0.3 is 19.9 Å². The van der Waals surface area contributed by atoms with Gasteiger partial charge in [0.2, 0.25) is 0 Å². The highest BCUT2D eigenvalue weighted by atomic mass is 32.1. The molecule has 0 bridgehead atoms. The number of thiophene rings is 1. The molecule has 0 radical (unpaired) electrons. The Morgan fingerprint density at radius 1 is 1.25 bits per heavy atom. The Labute approximate surface area is 141 Å². The molecule has 24 heavy (non-hydrogen) atoms. The standard InChI is InChI=1S/C17H13N3O3S/c21-15-10-23-14-4-3-11(9-12(14)19-15)18-17(22)16-13(5-8-24-16)20-6-1-2-7-20/h1-9H,10H2,(H,18,22)(H,19,21). The predicted octanol–water partition coefficient (Wildman–Crippen LogP) is 3.12. The maximum absolute atomic E-state index is 12.6. The van der Waals surface area contributed by atoms with Crippen molar-refractivity contribution in [1.29, 1.82) is 0 Å². The number of carbonyl (C=O) groups is 2. The van der Waals surface area contributed by atoms with Crippen LogP contribution in [0.2, 0.25) is 0 Å². The summed E-state index contributed by atoms with van der Waals surface area (Å²) in [5.74, 6) is 0.188. The van der Waals surface area contributed by atoms with E-state index in [-0.39, 0.29) is 18.4 Å². The molecule has 0 atom stereocenters. The van der Waals surface area contributed by atoms with Crippen molar-refractivity contribution in [1.82, 2.24) is 4.57 Å². The number of anilines is 2. The summed E-state index contributed by atoms with van der Waals surface area (Å²) in [6, 6.07) is 10.9. The fraction of sp³-hybridized carbons (Fsp3) is 0.0588. The van der Waals surface area contributed by atoms with Gasteiger partial charge in [0.15, 0.2) is 6.61 Å². The molecule has 3 heterocycles. The smallest absolute Gasteiger partial charge is 0.267 e. The Hall–Kier alpha value is -3.06. The summed E-state index contributed by atoms with van der Waals surface area (Å²) in [6.45, 7) is 0.00807. The molecule has 0 fully saturated rings. The number of fused-ring (bicyclic) bond motifs is 1. The Kier molecular flexibility index (Phi) is 3.55. The normalized spacial score (nSPS) is 12.9. The van der Waals surface area contributed by atoms with E-state index in [4.69, 9.17) is 4.74 Å². The van der Waals surface area contributed by atoms with Gasteiger partial charge in [-0.05, 0) is 41.8 Å². The van der Waals surface area contributed by atoms with Crippen LogP contribution in [0.1, 0.15) is 9.67 Å². The van der Waals surface area contributed by atoms with E-state index in [0.717, 1.165) is 5.69 Å². The topological polar surface area (TPSA) is 72.4 Å². The van der Waals surface area contributed by atoms with Crippen molar-refractivity contribution in [2.75, 3.05) is 17.2 Å². The molecule has 0 saturated carbocycles. The van der Waals surface area contributed by atoms with Crippen molar-refractivity contribution < 1.29 is 14.3 Å². The number of nitrogens with zero attached hydrogens (tertiary/aromatic N) is 1. The lowest BCUT2D eigenvalue weighted by Gasteiger charge is -2.18. The molecule has 120 valence electrons. The van der Waals surface area contributed by atoms with Crippen molar-refractivity contribution in [2.24, 2.45) is 0 Å². The van der Waals surface area contributed by atoms with Crippen LogP contribution in [0.5, 0.6) is 5.75 Å². The fourth-order valence-electron chi connectivity index (χ4n) is 2.52. The predicted molar refractivity (Wildman–Crippen MR) is 92.2 cm³/mol. The van der Waals surface area contributed by atoms with Crippen LogP contribution >= 0.6 is 11.3 Å². The Balaban J connectivity index is 1.58. The summed E-state index contributed by atoms with van der Waals surface area (Å²) >= 11 is 1.38. The number of ether oxygens (including phenoxy) is 1. The molecule has 0 spiro atoms. The average molecular weight is 339 g/mol. The van der Waals surface area contributed by atoms with Crippen LogP contribution in [0.4, 0.5) is 11.4 Å². The highest BCUT2D eigenvalue weighted by molar-refractivity contribution is 7.12. The molecular formula is C17H13N3O3S. The zero-order valence-corrected chi connectivity index (χ0v) is 13.3. The Morgan fingerprint density at radius 3 is 2.92 bits per heavy atom. The number of carbonyl (C=O) groups excluding carboxylic acids is 2. The van der Waals surface area contributed by atoms with Gasteiger partial charge in [-0.15, -0.1) is 11.3 Å². The minimum absolute atomic E-state index is 0.00807. The first kappa shape index (κ1) is 14.5. The lowest BCUT2D eigenvalue weighted by atomic mass is 10.2. The highest BCUT2D eigenvalue weighted by Crippen LogP contribution is 2.31. The van der Waals surface area contributed by atoms with Crippen LogP contribution in [0, 0.1) is 0 Å². The maximum atomic E-state index is 12.6. The van der Waals surface area contributed by atoms with E-state index in [9.17, 15) is 9.59 Å². The third kappa shape index (κ3) is 2.65. The zero-order chi connectivity index (χ0) is 16.5. The Morgan fingerprint density at radius 2 is 2.08 bits per heavy atom. The number of hydrogen-bond acceptors (Lipinski definition) is 4. The van der Waals surface area contributed by atoms with Crippen molar-refractivity contribution in [3.63, 3.8) is 0 Å². The SMILES string of the molecule is O=C1COc2ccc(NC(=O)c3sccc3-n3cccc3)cc2N1.